The number of ether oxygens (including phenoxy) is 1. The SMILES string of the molecule is CC(O)C(C)Oc1c(Br)cccc1CN. The van der Waals surface area contributed by atoms with Gasteiger partial charge in [-0.1, -0.05) is 12.1 Å². The summed E-state index contributed by atoms with van der Waals surface area (Å²) >= 11 is 3.40. The van der Waals surface area contributed by atoms with Gasteiger partial charge in [0.25, 0.3) is 0 Å². The number of hydrogen-bond donors (Lipinski definition) is 2. The van der Waals surface area contributed by atoms with Crippen LogP contribution in [0.4, 0.5) is 0 Å². The molecule has 3 nitrogen and oxygen atoms in total. The zero-order valence-corrected chi connectivity index (χ0v) is 10.5. The molecule has 15 heavy (non-hydrogen) atoms. The minimum absolute atomic E-state index is 0.256. The molecule has 1 aromatic rings. The van der Waals surface area contributed by atoms with Gasteiger partial charge in [-0.3, -0.25) is 0 Å². The van der Waals surface area contributed by atoms with E-state index < -0.39 is 6.10 Å². The van der Waals surface area contributed by atoms with E-state index in [-0.39, 0.29) is 6.10 Å². The molecule has 1 rings (SSSR count). The van der Waals surface area contributed by atoms with Gasteiger partial charge in [-0.05, 0) is 35.8 Å². The van der Waals surface area contributed by atoms with E-state index in [2.05, 4.69) is 15.9 Å². The molecular formula is C11H16BrNO2. The van der Waals surface area contributed by atoms with Gasteiger partial charge in [0, 0.05) is 12.1 Å². The van der Waals surface area contributed by atoms with Crippen molar-refractivity contribution in [1.82, 2.24) is 0 Å². The van der Waals surface area contributed by atoms with Gasteiger partial charge in [0.05, 0.1) is 10.6 Å². The molecule has 2 atom stereocenters. The van der Waals surface area contributed by atoms with Crippen LogP contribution in [-0.2, 0) is 6.54 Å². The van der Waals surface area contributed by atoms with Crippen molar-refractivity contribution in [2.75, 3.05) is 0 Å². The lowest BCUT2D eigenvalue weighted by atomic mass is 10.2. The van der Waals surface area contributed by atoms with Gasteiger partial charge in [0.15, 0.2) is 0 Å². The summed E-state index contributed by atoms with van der Waals surface area (Å²) in [5.74, 6) is 0.716. The monoisotopic (exact) mass is 273 g/mol. The summed E-state index contributed by atoms with van der Waals surface area (Å²) in [6, 6.07) is 5.71. The molecule has 0 aliphatic heterocycles. The molecule has 0 radical (unpaired) electrons. The van der Waals surface area contributed by atoms with Gasteiger partial charge in [-0.2, -0.15) is 0 Å². The van der Waals surface area contributed by atoms with E-state index in [0.717, 1.165) is 10.0 Å². The third kappa shape index (κ3) is 3.19. The topological polar surface area (TPSA) is 55.5 Å². The van der Waals surface area contributed by atoms with Crippen molar-refractivity contribution in [3.8, 4) is 5.75 Å². The highest BCUT2D eigenvalue weighted by molar-refractivity contribution is 9.10. The van der Waals surface area contributed by atoms with Crippen LogP contribution in [0.1, 0.15) is 19.4 Å². The minimum atomic E-state index is -0.511. The number of halogens is 1. The van der Waals surface area contributed by atoms with Crippen LogP contribution in [0.2, 0.25) is 0 Å². The Kier molecular flexibility index (Phi) is 4.57. The molecular weight excluding hydrogens is 258 g/mol. The second kappa shape index (κ2) is 5.49. The van der Waals surface area contributed by atoms with Crippen LogP contribution in [0, 0.1) is 0 Å². The van der Waals surface area contributed by atoms with Crippen LogP contribution in [0.5, 0.6) is 5.75 Å². The van der Waals surface area contributed by atoms with Crippen LogP contribution >= 0.6 is 15.9 Å². The summed E-state index contributed by atoms with van der Waals surface area (Å²) in [5, 5.41) is 9.37. The predicted octanol–water partition coefficient (Wildman–Crippen LogP) is 2.06. The van der Waals surface area contributed by atoms with Crippen molar-refractivity contribution in [2.45, 2.75) is 32.6 Å². The van der Waals surface area contributed by atoms with Gasteiger partial charge < -0.3 is 15.6 Å². The Morgan fingerprint density at radius 1 is 1.47 bits per heavy atom. The highest BCUT2D eigenvalue weighted by Gasteiger charge is 2.14. The van der Waals surface area contributed by atoms with Gasteiger partial charge in [0.2, 0.25) is 0 Å². The normalized spacial score (nSPS) is 14.7. The van der Waals surface area contributed by atoms with Gasteiger partial charge in [-0.15, -0.1) is 0 Å². The molecule has 0 fully saturated rings. The second-order valence-electron chi connectivity index (χ2n) is 3.50. The number of rotatable bonds is 4. The van der Waals surface area contributed by atoms with E-state index in [4.69, 9.17) is 10.5 Å². The fourth-order valence-corrected chi connectivity index (χ4v) is 1.63. The number of benzene rings is 1. The lowest BCUT2D eigenvalue weighted by Gasteiger charge is -2.20. The van der Waals surface area contributed by atoms with Crippen LogP contribution in [0.3, 0.4) is 0 Å². The largest absolute Gasteiger partial charge is 0.487 e. The Hall–Kier alpha value is -0.580. The molecule has 2 unspecified atom stereocenters. The van der Waals surface area contributed by atoms with Crippen LogP contribution in [0.15, 0.2) is 22.7 Å². The maximum absolute atomic E-state index is 9.37. The van der Waals surface area contributed by atoms with Crippen LogP contribution in [-0.4, -0.2) is 17.3 Å². The van der Waals surface area contributed by atoms with Crippen molar-refractivity contribution in [3.05, 3.63) is 28.2 Å². The molecule has 4 heteroatoms. The molecule has 0 amide bonds. The summed E-state index contributed by atoms with van der Waals surface area (Å²) in [7, 11) is 0. The Balaban J connectivity index is 2.92. The molecule has 0 spiro atoms. The second-order valence-corrected chi connectivity index (χ2v) is 4.35. The summed E-state index contributed by atoms with van der Waals surface area (Å²) < 4.78 is 6.51. The molecule has 1 aromatic carbocycles. The maximum Gasteiger partial charge on any atom is 0.138 e. The molecule has 84 valence electrons. The standard InChI is InChI=1S/C11H16BrNO2/c1-7(14)8(2)15-11-9(6-13)4-3-5-10(11)12/h3-5,7-8,14H,6,13H2,1-2H3. The predicted molar refractivity (Wildman–Crippen MR) is 63.8 cm³/mol. The first-order valence-electron chi connectivity index (χ1n) is 4.88. The third-order valence-electron chi connectivity index (χ3n) is 2.25. The van der Waals surface area contributed by atoms with Crippen molar-refractivity contribution in [1.29, 1.82) is 0 Å². The van der Waals surface area contributed by atoms with Gasteiger partial charge >= 0.3 is 0 Å². The fraction of sp³-hybridized carbons (Fsp3) is 0.455. The molecule has 3 N–H and O–H groups in total. The Bertz CT molecular complexity index is 328. The first-order chi connectivity index (χ1) is 7.06. The number of hydrogen-bond acceptors (Lipinski definition) is 3. The van der Waals surface area contributed by atoms with Crippen molar-refractivity contribution < 1.29 is 9.84 Å². The van der Waals surface area contributed by atoms with Crippen LogP contribution in [0.25, 0.3) is 0 Å². The van der Waals surface area contributed by atoms with Crippen molar-refractivity contribution >= 4 is 15.9 Å². The Morgan fingerprint density at radius 2 is 2.13 bits per heavy atom. The molecule has 0 aliphatic carbocycles. The van der Waals surface area contributed by atoms with E-state index in [1.54, 1.807) is 6.92 Å². The molecule has 0 aliphatic rings. The quantitative estimate of drug-likeness (QED) is 0.883. The average molecular weight is 274 g/mol. The molecule has 0 aromatic heterocycles. The van der Waals surface area contributed by atoms with Gasteiger partial charge in [-0.25, -0.2) is 0 Å². The Labute approximate surface area is 98.4 Å². The number of para-hydroxylation sites is 1. The summed E-state index contributed by atoms with van der Waals surface area (Å²) in [6.45, 7) is 3.94. The maximum atomic E-state index is 9.37. The molecule has 0 bridgehead atoms. The first kappa shape index (κ1) is 12.5. The highest BCUT2D eigenvalue weighted by Crippen LogP contribution is 2.30. The van der Waals surface area contributed by atoms with E-state index in [1.165, 1.54) is 0 Å². The third-order valence-corrected chi connectivity index (χ3v) is 2.88. The zero-order valence-electron chi connectivity index (χ0n) is 8.90. The van der Waals surface area contributed by atoms with Crippen molar-refractivity contribution in [3.63, 3.8) is 0 Å². The van der Waals surface area contributed by atoms with E-state index in [9.17, 15) is 5.11 Å². The zero-order chi connectivity index (χ0) is 11.4. The lowest BCUT2D eigenvalue weighted by molar-refractivity contribution is 0.0593. The Morgan fingerprint density at radius 3 is 2.67 bits per heavy atom. The van der Waals surface area contributed by atoms with Crippen molar-refractivity contribution in [2.24, 2.45) is 5.73 Å². The number of aliphatic hydroxyl groups is 1. The number of nitrogens with two attached hydrogens (primary N) is 1. The summed E-state index contributed by atoms with van der Waals surface area (Å²) in [5.41, 5.74) is 6.54. The van der Waals surface area contributed by atoms with E-state index in [0.29, 0.717) is 12.3 Å². The average Bonchev–Trinajstić information content (AvgIpc) is 2.20. The number of aliphatic hydroxyl groups excluding tert-OH is 1. The van der Waals surface area contributed by atoms with E-state index in [1.807, 2.05) is 25.1 Å². The molecule has 0 saturated heterocycles. The fourth-order valence-electron chi connectivity index (χ4n) is 1.13. The van der Waals surface area contributed by atoms with Gasteiger partial charge in [0.1, 0.15) is 11.9 Å². The molecule has 0 heterocycles. The lowest BCUT2D eigenvalue weighted by Crippen LogP contribution is -2.26. The first-order valence-corrected chi connectivity index (χ1v) is 5.67. The minimum Gasteiger partial charge on any atom is -0.487 e. The smallest absolute Gasteiger partial charge is 0.138 e. The highest BCUT2D eigenvalue weighted by atomic mass is 79.9. The van der Waals surface area contributed by atoms with Crippen LogP contribution < -0.4 is 10.5 Å². The summed E-state index contributed by atoms with van der Waals surface area (Å²) in [4.78, 5) is 0. The molecule has 0 saturated carbocycles. The summed E-state index contributed by atoms with van der Waals surface area (Å²) in [6.07, 6.45) is -0.767. The van der Waals surface area contributed by atoms with E-state index >= 15 is 0 Å².